The maximum atomic E-state index is 12.6. The highest BCUT2D eigenvalue weighted by Crippen LogP contribution is 2.21. The Labute approximate surface area is 166 Å². The number of hydrogen-bond donors (Lipinski definition) is 1. The topological polar surface area (TPSA) is 97.8 Å². The molecule has 0 bridgehead atoms. The number of aromatic nitrogens is 1. The Morgan fingerprint density at radius 2 is 1.93 bits per heavy atom. The summed E-state index contributed by atoms with van der Waals surface area (Å²) in [5.74, 6) is -0.274. The summed E-state index contributed by atoms with van der Waals surface area (Å²) in [4.78, 5) is 16.5. The van der Waals surface area contributed by atoms with Crippen molar-refractivity contribution in [3.8, 4) is 5.88 Å². The standard InChI is InChI=1S/C17H20BrN3O5S/c1-21(27(23,24)14-7-5-13(18)6-8-14)12-16(22)20-15-4-3-9-19-17(15)26-11-10-25-2/h3-9H,10-12H2,1-2H3,(H,20,22). The lowest BCUT2D eigenvalue weighted by Crippen LogP contribution is -2.35. The van der Waals surface area contributed by atoms with Crippen LogP contribution >= 0.6 is 15.9 Å². The first-order valence-corrected chi connectivity index (χ1v) is 10.2. The van der Waals surface area contributed by atoms with E-state index in [0.717, 1.165) is 8.78 Å². The molecule has 0 saturated carbocycles. The fourth-order valence-electron chi connectivity index (χ4n) is 2.09. The number of pyridine rings is 1. The van der Waals surface area contributed by atoms with Crippen LogP contribution in [-0.2, 0) is 19.6 Å². The molecule has 2 rings (SSSR count). The molecule has 0 saturated heterocycles. The summed E-state index contributed by atoms with van der Waals surface area (Å²) in [6.07, 6.45) is 1.53. The zero-order valence-electron chi connectivity index (χ0n) is 14.9. The molecule has 146 valence electrons. The number of methoxy groups -OCH3 is 1. The van der Waals surface area contributed by atoms with Gasteiger partial charge in [0.15, 0.2) is 0 Å². The van der Waals surface area contributed by atoms with Crippen LogP contribution in [-0.4, -0.2) is 57.5 Å². The molecule has 0 spiro atoms. The van der Waals surface area contributed by atoms with Gasteiger partial charge in [-0.1, -0.05) is 15.9 Å². The Kier molecular flexibility index (Phi) is 7.72. The maximum absolute atomic E-state index is 12.6. The second-order valence-corrected chi connectivity index (χ2v) is 8.42. The lowest BCUT2D eigenvalue weighted by Gasteiger charge is -2.17. The molecule has 1 aromatic carbocycles. The van der Waals surface area contributed by atoms with Crippen molar-refractivity contribution in [2.75, 3.05) is 39.2 Å². The van der Waals surface area contributed by atoms with E-state index in [0.29, 0.717) is 12.3 Å². The molecule has 0 aliphatic rings. The molecule has 1 heterocycles. The molecule has 27 heavy (non-hydrogen) atoms. The van der Waals surface area contributed by atoms with Crippen LogP contribution in [0, 0.1) is 0 Å². The van der Waals surface area contributed by atoms with Gasteiger partial charge >= 0.3 is 0 Å². The SMILES string of the molecule is COCCOc1ncccc1NC(=O)CN(C)S(=O)(=O)c1ccc(Br)cc1. The summed E-state index contributed by atoms with van der Waals surface area (Å²) in [7, 11) is -0.891. The van der Waals surface area contributed by atoms with Crippen LogP contribution in [0.4, 0.5) is 5.69 Å². The van der Waals surface area contributed by atoms with Crippen LogP contribution in [0.1, 0.15) is 0 Å². The van der Waals surface area contributed by atoms with E-state index in [1.54, 1.807) is 31.4 Å². The third-order valence-corrected chi connectivity index (χ3v) is 5.81. The second kappa shape index (κ2) is 9.79. The van der Waals surface area contributed by atoms with Crippen molar-refractivity contribution in [2.24, 2.45) is 0 Å². The van der Waals surface area contributed by atoms with Crippen molar-refractivity contribution < 1.29 is 22.7 Å². The van der Waals surface area contributed by atoms with Gasteiger partial charge in [-0.15, -0.1) is 0 Å². The summed E-state index contributed by atoms with van der Waals surface area (Å²) >= 11 is 3.26. The molecule has 0 aliphatic carbocycles. The van der Waals surface area contributed by atoms with Crippen LogP contribution in [0.3, 0.4) is 0 Å². The van der Waals surface area contributed by atoms with Gasteiger partial charge < -0.3 is 14.8 Å². The third kappa shape index (κ3) is 5.99. The molecule has 0 unspecified atom stereocenters. The molecule has 1 aromatic heterocycles. The Balaban J connectivity index is 2.04. The smallest absolute Gasteiger partial charge is 0.243 e. The average Bonchev–Trinajstić information content (AvgIpc) is 2.63. The monoisotopic (exact) mass is 457 g/mol. The molecular formula is C17H20BrN3O5S. The van der Waals surface area contributed by atoms with Crippen molar-refractivity contribution in [3.05, 3.63) is 47.1 Å². The minimum atomic E-state index is -3.78. The third-order valence-electron chi connectivity index (χ3n) is 3.46. The molecule has 0 aliphatic heterocycles. The van der Waals surface area contributed by atoms with Crippen LogP contribution in [0.5, 0.6) is 5.88 Å². The van der Waals surface area contributed by atoms with Gasteiger partial charge in [0.2, 0.25) is 21.8 Å². The normalized spacial score (nSPS) is 11.4. The Hall–Kier alpha value is -2.01. The summed E-state index contributed by atoms with van der Waals surface area (Å²) in [6.45, 7) is 0.289. The van der Waals surface area contributed by atoms with Crippen molar-refractivity contribution in [3.63, 3.8) is 0 Å². The van der Waals surface area contributed by atoms with E-state index in [1.165, 1.54) is 25.4 Å². The highest BCUT2D eigenvalue weighted by atomic mass is 79.9. The van der Waals surface area contributed by atoms with Crippen molar-refractivity contribution in [2.45, 2.75) is 4.90 Å². The molecule has 0 atom stereocenters. The summed E-state index contributed by atoms with van der Waals surface area (Å²) in [5.41, 5.74) is 0.355. The lowest BCUT2D eigenvalue weighted by molar-refractivity contribution is -0.116. The number of amides is 1. The molecule has 1 amide bonds. The summed E-state index contributed by atoms with van der Waals surface area (Å²) in [6, 6.07) is 9.45. The van der Waals surface area contributed by atoms with E-state index in [1.807, 2.05) is 0 Å². The van der Waals surface area contributed by atoms with Gasteiger partial charge in [0.05, 0.1) is 18.0 Å². The number of halogens is 1. The number of rotatable bonds is 9. The fourth-order valence-corrected chi connectivity index (χ4v) is 3.48. The van der Waals surface area contributed by atoms with E-state index in [4.69, 9.17) is 9.47 Å². The minimum Gasteiger partial charge on any atom is -0.474 e. The molecule has 0 fully saturated rings. The summed E-state index contributed by atoms with van der Waals surface area (Å²) in [5, 5.41) is 2.62. The van der Waals surface area contributed by atoms with E-state index >= 15 is 0 Å². The van der Waals surface area contributed by atoms with Crippen molar-refractivity contribution >= 4 is 37.5 Å². The van der Waals surface area contributed by atoms with E-state index < -0.39 is 15.9 Å². The van der Waals surface area contributed by atoms with Gasteiger partial charge in [-0.25, -0.2) is 13.4 Å². The number of ether oxygens (including phenoxy) is 2. The van der Waals surface area contributed by atoms with E-state index in [9.17, 15) is 13.2 Å². The zero-order valence-corrected chi connectivity index (χ0v) is 17.3. The largest absolute Gasteiger partial charge is 0.474 e. The number of nitrogens with zero attached hydrogens (tertiary/aromatic N) is 2. The summed E-state index contributed by atoms with van der Waals surface area (Å²) < 4.78 is 37.2. The number of sulfonamides is 1. The Bertz CT molecular complexity index is 874. The van der Waals surface area contributed by atoms with Crippen LogP contribution in [0.15, 0.2) is 52.0 Å². The number of carbonyl (C=O) groups is 1. The van der Waals surface area contributed by atoms with E-state index in [-0.39, 0.29) is 23.9 Å². The predicted molar refractivity (Wildman–Crippen MR) is 104 cm³/mol. The minimum absolute atomic E-state index is 0.103. The first-order valence-electron chi connectivity index (χ1n) is 7.93. The van der Waals surface area contributed by atoms with Gasteiger partial charge in [0.1, 0.15) is 12.3 Å². The molecule has 10 heteroatoms. The molecule has 8 nitrogen and oxygen atoms in total. The first kappa shape index (κ1) is 21.3. The predicted octanol–water partition coefficient (Wildman–Crippen LogP) is 2.13. The number of carbonyl (C=O) groups excluding carboxylic acids is 1. The van der Waals surface area contributed by atoms with Gasteiger partial charge in [-0.3, -0.25) is 4.79 Å². The number of benzene rings is 1. The number of anilines is 1. The highest BCUT2D eigenvalue weighted by molar-refractivity contribution is 9.10. The fraction of sp³-hybridized carbons (Fsp3) is 0.294. The Morgan fingerprint density at radius 3 is 2.59 bits per heavy atom. The van der Waals surface area contributed by atoms with Crippen LogP contribution in [0.25, 0.3) is 0 Å². The van der Waals surface area contributed by atoms with Gasteiger partial charge in [-0.05, 0) is 36.4 Å². The lowest BCUT2D eigenvalue weighted by atomic mass is 10.4. The quantitative estimate of drug-likeness (QED) is 0.579. The van der Waals surface area contributed by atoms with Gasteiger partial charge in [0, 0.05) is 24.8 Å². The molecule has 1 N–H and O–H groups in total. The molecule has 0 radical (unpaired) electrons. The van der Waals surface area contributed by atoms with Crippen LogP contribution in [0.2, 0.25) is 0 Å². The maximum Gasteiger partial charge on any atom is 0.243 e. The van der Waals surface area contributed by atoms with Crippen LogP contribution < -0.4 is 10.1 Å². The zero-order chi connectivity index (χ0) is 19.9. The van der Waals surface area contributed by atoms with Crippen molar-refractivity contribution in [1.29, 1.82) is 0 Å². The first-order chi connectivity index (χ1) is 12.8. The average molecular weight is 458 g/mol. The Morgan fingerprint density at radius 1 is 1.22 bits per heavy atom. The highest BCUT2D eigenvalue weighted by Gasteiger charge is 2.23. The van der Waals surface area contributed by atoms with Gasteiger partial charge in [-0.2, -0.15) is 4.31 Å². The van der Waals surface area contributed by atoms with E-state index in [2.05, 4.69) is 26.2 Å². The number of nitrogens with one attached hydrogen (secondary N) is 1. The van der Waals surface area contributed by atoms with Gasteiger partial charge in [0.25, 0.3) is 0 Å². The molecule has 2 aromatic rings. The number of hydrogen-bond acceptors (Lipinski definition) is 6. The second-order valence-electron chi connectivity index (χ2n) is 5.46. The van der Waals surface area contributed by atoms with Crippen molar-refractivity contribution in [1.82, 2.24) is 9.29 Å². The number of likely N-dealkylation sites (N-methyl/N-ethyl adjacent to an activating group) is 1. The molecular weight excluding hydrogens is 438 g/mol.